The van der Waals surface area contributed by atoms with Crippen molar-refractivity contribution in [3.05, 3.63) is 60.4 Å². The number of esters is 2. The van der Waals surface area contributed by atoms with Gasteiger partial charge < -0.3 is 14.8 Å². The van der Waals surface area contributed by atoms with Crippen LogP contribution in [-0.2, 0) is 19.1 Å². The molecule has 142 valence electrons. The van der Waals surface area contributed by atoms with Crippen LogP contribution < -0.4 is 5.32 Å². The first-order chi connectivity index (χ1) is 13.0. The van der Waals surface area contributed by atoms with Crippen LogP contribution in [0.3, 0.4) is 0 Å². The molecular weight excluding hydrogens is 351 g/mol. The molecule has 0 bridgehead atoms. The molecule has 0 saturated heterocycles. The van der Waals surface area contributed by atoms with Crippen LogP contribution in [-0.4, -0.2) is 36.9 Å². The van der Waals surface area contributed by atoms with Crippen LogP contribution in [0.2, 0.25) is 0 Å². The van der Waals surface area contributed by atoms with E-state index in [9.17, 15) is 14.0 Å². The van der Waals surface area contributed by atoms with E-state index in [1.807, 2.05) is 6.07 Å². The smallest absolute Gasteiger partial charge is 0.355 e. The number of carbonyl (C=O) groups excluding carboxylic acids is 2. The fourth-order valence-corrected chi connectivity index (χ4v) is 2.25. The third-order valence-corrected chi connectivity index (χ3v) is 3.44. The van der Waals surface area contributed by atoms with Crippen molar-refractivity contribution in [3.63, 3.8) is 0 Å². The zero-order chi connectivity index (χ0) is 19.6. The number of nitrogens with zero attached hydrogens (tertiary/aromatic N) is 1. The number of anilines is 1. The average Bonchev–Trinajstić information content (AvgIpc) is 2.67. The zero-order valence-corrected chi connectivity index (χ0v) is 15.1. The molecule has 0 radical (unpaired) electrons. The Labute approximate surface area is 157 Å². The van der Waals surface area contributed by atoms with Gasteiger partial charge in [0, 0.05) is 5.69 Å². The summed E-state index contributed by atoms with van der Waals surface area (Å²) in [6.07, 6.45) is 0. The molecule has 1 N–H and O–H groups in total. The van der Waals surface area contributed by atoms with Gasteiger partial charge in [0.25, 0.3) is 0 Å². The lowest BCUT2D eigenvalue weighted by Gasteiger charge is -2.19. The van der Waals surface area contributed by atoms with E-state index in [1.165, 1.54) is 24.3 Å². The molecule has 0 aliphatic carbocycles. The molecule has 0 fully saturated rings. The summed E-state index contributed by atoms with van der Waals surface area (Å²) in [7, 11) is 0. The molecule has 2 rings (SSSR count). The molecule has 1 atom stereocenters. The van der Waals surface area contributed by atoms with E-state index in [4.69, 9.17) is 9.47 Å². The topological polar surface area (TPSA) is 77.0 Å². The first-order valence-electron chi connectivity index (χ1n) is 8.54. The van der Waals surface area contributed by atoms with Crippen LogP contribution in [0.5, 0.6) is 0 Å². The minimum absolute atomic E-state index is 0.113. The molecule has 0 heterocycles. The largest absolute Gasteiger partial charge is 0.464 e. The number of rotatable bonds is 8. The Morgan fingerprint density at radius 2 is 1.63 bits per heavy atom. The number of halogens is 1. The van der Waals surface area contributed by atoms with E-state index in [2.05, 4.69) is 10.3 Å². The van der Waals surface area contributed by atoms with Gasteiger partial charge >= 0.3 is 11.9 Å². The average molecular weight is 372 g/mol. The highest BCUT2D eigenvalue weighted by molar-refractivity contribution is 6.43. The number of benzene rings is 2. The van der Waals surface area contributed by atoms with Gasteiger partial charge in [0.15, 0.2) is 11.8 Å². The fourth-order valence-electron chi connectivity index (χ4n) is 2.25. The molecule has 7 heteroatoms. The van der Waals surface area contributed by atoms with E-state index < -0.39 is 23.8 Å². The highest BCUT2D eigenvalue weighted by Gasteiger charge is 2.32. The summed E-state index contributed by atoms with van der Waals surface area (Å²) in [5.41, 5.74) is 0.737. The Balaban J connectivity index is 2.45. The van der Waals surface area contributed by atoms with E-state index in [1.54, 1.807) is 38.1 Å². The number of hydrogen-bond donors (Lipinski definition) is 1. The number of hydrogen-bond acceptors (Lipinski definition) is 6. The second-order valence-electron chi connectivity index (χ2n) is 5.39. The molecule has 2 aromatic carbocycles. The lowest BCUT2D eigenvalue weighted by molar-refractivity contribution is -0.144. The van der Waals surface area contributed by atoms with Gasteiger partial charge in [0.1, 0.15) is 5.82 Å². The van der Waals surface area contributed by atoms with Crippen molar-refractivity contribution >= 4 is 29.0 Å². The second kappa shape index (κ2) is 10.1. The van der Waals surface area contributed by atoms with E-state index in [0.29, 0.717) is 11.4 Å². The first kappa shape index (κ1) is 20.1. The lowest BCUT2D eigenvalue weighted by atomic mass is 10.1. The Hall–Kier alpha value is -3.22. The van der Waals surface area contributed by atoms with Crippen LogP contribution in [0.15, 0.2) is 59.6 Å². The molecule has 27 heavy (non-hydrogen) atoms. The summed E-state index contributed by atoms with van der Waals surface area (Å²) < 4.78 is 23.3. The Kier molecular flexibility index (Phi) is 7.49. The van der Waals surface area contributed by atoms with Crippen molar-refractivity contribution in [3.8, 4) is 0 Å². The van der Waals surface area contributed by atoms with Crippen molar-refractivity contribution in [1.82, 2.24) is 0 Å². The fraction of sp³-hybridized carbons (Fsp3) is 0.250. The second-order valence-corrected chi connectivity index (χ2v) is 5.39. The maximum Gasteiger partial charge on any atom is 0.355 e. The van der Waals surface area contributed by atoms with Gasteiger partial charge in [0.05, 0.1) is 18.9 Å². The first-order valence-corrected chi connectivity index (χ1v) is 8.54. The molecule has 0 aliphatic rings. The molecule has 0 aliphatic heterocycles. The van der Waals surface area contributed by atoms with Crippen molar-refractivity contribution in [1.29, 1.82) is 0 Å². The van der Waals surface area contributed by atoms with Crippen LogP contribution in [0, 0.1) is 5.82 Å². The number of carbonyl (C=O) groups is 2. The summed E-state index contributed by atoms with van der Waals surface area (Å²) in [6.45, 7) is 3.57. The van der Waals surface area contributed by atoms with Crippen molar-refractivity contribution in [2.24, 2.45) is 4.99 Å². The third-order valence-electron chi connectivity index (χ3n) is 3.44. The van der Waals surface area contributed by atoms with Crippen molar-refractivity contribution in [2.45, 2.75) is 19.9 Å². The number of aliphatic imine (C=N–C) groups is 1. The van der Waals surface area contributed by atoms with Crippen LogP contribution in [0.1, 0.15) is 13.8 Å². The molecule has 0 amide bonds. The standard InChI is InChI=1S/C20H21FN2O4/c1-3-26-19(24)17(22-15-8-6-5-7-9-15)18(20(25)27-4-2)23-16-12-10-14(21)11-13-16/h5-13,17,22H,3-4H2,1-2H3. The lowest BCUT2D eigenvalue weighted by Crippen LogP contribution is -2.43. The van der Waals surface area contributed by atoms with Gasteiger partial charge in [-0.3, -0.25) is 0 Å². The number of nitrogens with one attached hydrogen (secondary N) is 1. The normalized spacial score (nSPS) is 12.2. The predicted octanol–water partition coefficient (Wildman–Crippen LogP) is 3.51. The quantitative estimate of drug-likeness (QED) is 0.567. The maximum atomic E-state index is 13.2. The van der Waals surface area contributed by atoms with Gasteiger partial charge in [-0.1, -0.05) is 18.2 Å². The van der Waals surface area contributed by atoms with Gasteiger partial charge in [-0.05, 0) is 50.2 Å². The maximum absolute atomic E-state index is 13.2. The molecular formula is C20H21FN2O4. The Bertz CT molecular complexity index is 791. The predicted molar refractivity (Wildman–Crippen MR) is 101 cm³/mol. The summed E-state index contributed by atoms with van der Waals surface area (Å²) in [4.78, 5) is 29.2. The van der Waals surface area contributed by atoms with Crippen LogP contribution in [0.4, 0.5) is 15.8 Å². The molecule has 6 nitrogen and oxygen atoms in total. The number of para-hydroxylation sites is 1. The van der Waals surface area contributed by atoms with Crippen LogP contribution >= 0.6 is 0 Å². The highest BCUT2D eigenvalue weighted by atomic mass is 19.1. The third kappa shape index (κ3) is 5.91. The molecule has 2 aromatic rings. The summed E-state index contributed by atoms with van der Waals surface area (Å²) in [5.74, 6) is -1.87. The summed E-state index contributed by atoms with van der Waals surface area (Å²) in [5, 5.41) is 2.95. The van der Waals surface area contributed by atoms with Gasteiger partial charge in [-0.25, -0.2) is 19.0 Å². The monoisotopic (exact) mass is 372 g/mol. The minimum Gasteiger partial charge on any atom is -0.464 e. The summed E-state index contributed by atoms with van der Waals surface area (Å²) >= 11 is 0. The van der Waals surface area contributed by atoms with Crippen LogP contribution in [0.25, 0.3) is 0 Å². The molecule has 0 saturated carbocycles. The minimum atomic E-state index is -1.18. The Morgan fingerprint density at radius 3 is 2.22 bits per heavy atom. The van der Waals surface area contributed by atoms with Crippen molar-refractivity contribution in [2.75, 3.05) is 18.5 Å². The van der Waals surface area contributed by atoms with E-state index >= 15 is 0 Å². The zero-order valence-electron chi connectivity index (χ0n) is 15.1. The highest BCUT2D eigenvalue weighted by Crippen LogP contribution is 2.16. The van der Waals surface area contributed by atoms with E-state index in [0.717, 1.165) is 0 Å². The number of ether oxygens (including phenoxy) is 2. The summed E-state index contributed by atoms with van der Waals surface area (Å²) in [6, 6.07) is 12.9. The molecule has 0 spiro atoms. The van der Waals surface area contributed by atoms with Gasteiger partial charge in [0.2, 0.25) is 0 Å². The molecule has 0 aromatic heterocycles. The van der Waals surface area contributed by atoms with Gasteiger partial charge in [-0.2, -0.15) is 0 Å². The molecule has 1 unspecified atom stereocenters. The Morgan fingerprint density at radius 1 is 1.00 bits per heavy atom. The SMILES string of the molecule is CCOC(=O)C(=Nc1ccc(F)cc1)C(Nc1ccccc1)C(=O)OCC. The van der Waals surface area contributed by atoms with Gasteiger partial charge in [-0.15, -0.1) is 0 Å². The van der Waals surface area contributed by atoms with E-state index in [-0.39, 0.29) is 18.9 Å². The van der Waals surface area contributed by atoms with Crippen molar-refractivity contribution < 1.29 is 23.5 Å².